The molecule has 1 heterocycles. The van der Waals surface area contributed by atoms with Crippen LogP contribution in [0.15, 0.2) is 18.2 Å². The van der Waals surface area contributed by atoms with Crippen molar-refractivity contribution >= 4 is 5.97 Å². The van der Waals surface area contributed by atoms with Gasteiger partial charge in [-0.3, -0.25) is 4.90 Å². The maximum atomic E-state index is 10.9. The fraction of sp³-hybridized carbons (Fsp3) is 0.462. The van der Waals surface area contributed by atoms with Crippen LogP contribution < -0.4 is 5.73 Å². The molecule has 1 aliphatic rings. The molecule has 92 valence electrons. The number of carbonyl (C=O) groups is 1. The number of nitrogens with two attached hydrogens (primary N) is 1. The van der Waals surface area contributed by atoms with Crippen LogP contribution in [0.5, 0.6) is 0 Å². The average Bonchev–Trinajstić information content (AvgIpc) is 2.54. The predicted octanol–water partition coefficient (Wildman–Crippen LogP) is 1.44. The third-order valence-electron chi connectivity index (χ3n) is 2.87. The van der Waals surface area contributed by atoms with Crippen LogP contribution in [0.3, 0.4) is 0 Å². The molecule has 0 aliphatic carbocycles. The molecular weight excluding hydrogens is 216 g/mol. The third-order valence-corrected chi connectivity index (χ3v) is 2.87. The second-order valence-corrected chi connectivity index (χ2v) is 5.42. The molecule has 1 aliphatic heterocycles. The quantitative estimate of drug-likeness (QED) is 0.830. The van der Waals surface area contributed by atoms with E-state index in [1.165, 1.54) is 5.56 Å². The summed E-state index contributed by atoms with van der Waals surface area (Å²) in [6.07, 6.45) is 0. The highest BCUT2D eigenvalue weighted by Gasteiger charge is 2.24. The van der Waals surface area contributed by atoms with E-state index >= 15 is 0 Å². The lowest BCUT2D eigenvalue weighted by molar-refractivity contribution is 0.0696. The van der Waals surface area contributed by atoms with Crippen molar-refractivity contribution in [1.29, 1.82) is 0 Å². The molecule has 17 heavy (non-hydrogen) atoms. The maximum Gasteiger partial charge on any atom is 0.335 e. The Bertz CT molecular complexity index is 449. The Morgan fingerprint density at radius 1 is 1.41 bits per heavy atom. The van der Waals surface area contributed by atoms with Gasteiger partial charge < -0.3 is 10.8 Å². The highest BCUT2D eigenvalue weighted by molar-refractivity contribution is 5.87. The van der Waals surface area contributed by atoms with Crippen molar-refractivity contribution in [2.45, 2.75) is 32.5 Å². The Balaban J connectivity index is 2.14. The molecule has 0 radical (unpaired) electrons. The first-order valence-corrected chi connectivity index (χ1v) is 5.71. The van der Waals surface area contributed by atoms with Crippen LogP contribution in [-0.4, -0.2) is 28.1 Å². The number of fused-ring (bicyclic) bond motifs is 1. The lowest BCUT2D eigenvalue weighted by Gasteiger charge is -2.25. The molecule has 4 heteroatoms. The third kappa shape index (κ3) is 2.84. The first-order valence-electron chi connectivity index (χ1n) is 5.71. The number of aromatic carboxylic acids is 1. The highest BCUT2D eigenvalue weighted by atomic mass is 16.4. The van der Waals surface area contributed by atoms with E-state index < -0.39 is 5.97 Å². The van der Waals surface area contributed by atoms with E-state index in [4.69, 9.17) is 10.8 Å². The summed E-state index contributed by atoms with van der Waals surface area (Å²) < 4.78 is 0. The van der Waals surface area contributed by atoms with E-state index in [1.54, 1.807) is 12.1 Å². The zero-order chi connectivity index (χ0) is 12.6. The number of nitrogens with zero attached hydrogens (tertiary/aromatic N) is 1. The van der Waals surface area contributed by atoms with Gasteiger partial charge in [-0.15, -0.1) is 0 Å². The largest absolute Gasteiger partial charge is 0.478 e. The minimum absolute atomic E-state index is 0.225. The van der Waals surface area contributed by atoms with Gasteiger partial charge in [0.05, 0.1) is 5.56 Å². The van der Waals surface area contributed by atoms with Crippen LogP contribution in [0.2, 0.25) is 0 Å². The van der Waals surface area contributed by atoms with Gasteiger partial charge in [-0.1, -0.05) is 6.07 Å². The summed E-state index contributed by atoms with van der Waals surface area (Å²) in [5.74, 6) is -0.870. The molecule has 0 saturated carbocycles. The SMILES string of the molecule is CC(C)(N)CN1Cc2ccc(C(=O)O)cc2C1. The molecule has 3 N–H and O–H groups in total. The average molecular weight is 234 g/mol. The first-order chi connectivity index (χ1) is 7.85. The van der Waals surface area contributed by atoms with Crippen LogP contribution in [0.25, 0.3) is 0 Å². The van der Waals surface area contributed by atoms with Crippen molar-refractivity contribution in [2.24, 2.45) is 5.73 Å². The summed E-state index contributed by atoms with van der Waals surface area (Å²) >= 11 is 0. The van der Waals surface area contributed by atoms with E-state index in [9.17, 15) is 4.79 Å². The van der Waals surface area contributed by atoms with Gasteiger partial charge in [-0.25, -0.2) is 4.79 Å². The van der Waals surface area contributed by atoms with Crippen molar-refractivity contribution in [3.63, 3.8) is 0 Å². The number of benzene rings is 1. The Hall–Kier alpha value is -1.39. The molecular formula is C13H18N2O2. The van der Waals surface area contributed by atoms with Crippen molar-refractivity contribution in [3.05, 3.63) is 34.9 Å². The number of carboxylic acid groups (broad SMARTS) is 1. The molecule has 2 rings (SSSR count). The second kappa shape index (κ2) is 4.13. The van der Waals surface area contributed by atoms with Gasteiger partial charge in [0.25, 0.3) is 0 Å². The number of hydrogen-bond acceptors (Lipinski definition) is 3. The van der Waals surface area contributed by atoms with Gasteiger partial charge >= 0.3 is 5.97 Å². The van der Waals surface area contributed by atoms with E-state index in [1.807, 2.05) is 19.9 Å². The van der Waals surface area contributed by atoms with Crippen LogP contribution in [0.1, 0.15) is 35.3 Å². The minimum atomic E-state index is -0.870. The zero-order valence-corrected chi connectivity index (χ0v) is 10.2. The fourth-order valence-corrected chi connectivity index (χ4v) is 2.29. The molecule has 0 atom stereocenters. The molecule has 0 spiro atoms. The highest BCUT2D eigenvalue weighted by Crippen LogP contribution is 2.24. The van der Waals surface area contributed by atoms with Gasteiger partial charge in [-0.2, -0.15) is 0 Å². The molecule has 4 nitrogen and oxygen atoms in total. The molecule has 0 amide bonds. The zero-order valence-electron chi connectivity index (χ0n) is 10.2. The Morgan fingerprint density at radius 3 is 2.65 bits per heavy atom. The summed E-state index contributed by atoms with van der Waals surface area (Å²) in [7, 11) is 0. The van der Waals surface area contributed by atoms with Gasteiger partial charge in [0.15, 0.2) is 0 Å². The molecule has 0 unspecified atom stereocenters. The normalized spacial score (nSPS) is 15.9. The van der Waals surface area contributed by atoms with Crippen LogP contribution in [0.4, 0.5) is 0 Å². The first kappa shape index (κ1) is 12.1. The van der Waals surface area contributed by atoms with Crippen LogP contribution in [0, 0.1) is 0 Å². The summed E-state index contributed by atoms with van der Waals surface area (Å²) in [5, 5.41) is 8.93. The van der Waals surface area contributed by atoms with Gasteiger partial charge in [0, 0.05) is 25.2 Å². The van der Waals surface area contributed by atoms with Gasteiger partial charge in [0.2, 0.25) is 0 Å². The molecule has 1 aromatic rings. The predicted molar refractivity (Wildman–Crippen MR) is 65.8 cm³/mol. The summed E-state index contributed by atoms with van der Waals surface area (Å²) in [4.78, 5) is 13.1. The maximum absolute atomic E-state index is 10.9. The van der Waals surface area contributed by atoms with Crippen LogP contribution >= 0.6 is 0 Å². The van der Waals surface area contributed by atoms with Crippen molar-refractivity contribution < 1.29 is 9.90 Å². The second-order valence-electron chi connectivity index (χ2n) is 5.42. The fourth-order valence-electron chi connectivity index (χ4n) is 2.29. The minimum Gasteiger partial charge on any atom is -0.478 e. The van der Waals surface area contributed by atoms with Crippen LogP contribution in [-0.2, 0) is 13.1 Å². The van der Waals surface area contributed by atoms with Crippen molar-refractivity contribution in [3.8, 4) is 0 Å². The summed E-state index contributed by atoms with van der Waals surface area (Å²) in [5.41, 5.74) is 8.44. The summed E-state index contributed by atoms with van der Waals surface area (Å²) in [6, 6.07) is 5.34. The monoisotopic (exact) mass is 234 g/mol. The molecule has 1 aromatic carbocycles. The molecule has 0 aromatic heterocycles. The Labute approximate surface area is 101 Å². The smallest absolute Gasteiger partial charge is 0.335 e. The Kier molecular flexibility index (Phi) is 2.93. The van der Waals surface area contributed by atoms with Crippen molar-refractivity contribution in [2.75, 3.05) is 6.54 Å². The number of carboxylic acids is 1. The molecule has 0 bridgehead atoms. The lowest BCUT2D eigenvalue weighted by atomic mass is 10.1. The topological polar surface area (TPSA) is 66.6 Å². The Morgan fingerprint density at radius 2 is 2.06 bits per heavy atom. The number of hydrogen-bond donors (Lipinski definition) is 2. The lowest BCUT2D eigenvalue weighted by Crippen LogP contribution is -2.43. The van der Waals surface area contributed by atoms with Gasteiger partial charge in [0.1, 0.15) is 0 Å². The molecule has 0 fully saturated rings. The summed E-state index contributed by atoms with van der Waals surface area (Å²) in [6.45, 7) is 6.45. The van der Waals surface area contributed by atoms with E-state index in [-0.39, 0.29) is 5.54 Å². The molecule has 0 saturated heterocycles. The van der Waals surface area contributed by atoms with E-state index in [0.717, 1.165) is 25.2 Å². The van der Waals surface area contributed by atoms with E-state index in [2.05, 4.69) is 4.90 Å². The van der Waals surface area contributed by atoms with Crippen molar-refractivity contribution in [1.82, 2.24) is 4.90 Å². The standard InChI is InChI=1S/C13H18N2O2/c1-13(2,14)8-15-6-10-4-3-9(12(16)17)5-11(10)7-15/h3-5H,6-8,14H2,1-2H3,(H,16,17). The number of rotatable bonds is 3. The van der Waals surface area contributed by atoms with Gasteiger partial charge in [-0.05, 0) is 37.1 Å². The van der Waals surface area contributed by atoms with E-state index in [0.29, 0.717) is 5.56 Å².